The maximum atomic E-state index is 11.2. The summed E-state index contributed by atoms with van der Waals surface area (Å²) in [6.07, 6.45) is 8.24. The van der Waals surface area contributed by atoms with Gasteiger partial charge in [0.1, 0.15) is 0 Å². The summed E-state index contributed by atoms with van der Waals surface area (Å²) in [7, 11) is 0. The van der Waals surface area contributed by atoms with Crippen molar-refractivity contribution in [1.82, 2.24) is 4.99 Å². The zero-order chi connectivity index (χ0) is 22.5. The number of carboxylic acid groups (broad SMARTS) is 2. The molecule has 2 aliphatic rings. The van der Waals surface area contributed by atoms with Gasteiger partial charge in [0.25, 0.3) is 6.20 Å². The van der Waals surface area contributed by atoms with Gasteiger partial charge in [-0.2, -0.15) is 0 Å². The summed E-state index contributed by atoms with van der Waals surface area (Å²) in [4.78, 5) is 28.7. The van der Waals surface area contributed by atoms with Crippen LogP contribution in [-0.4, -0.2) is 33.7 Å². The lowest BCUT2D eigenvalue weighted by Gasteiger charge is -2.27. The van der Waals surface area contributed by atoms with Crippen LogP contribution in [0, 0.1) is 0 Å². The number of carboxylic acids is 2. The van der Waals surface area contributed by atoms with E-state index in [1.54, 1.807) is 18.0 Å². The van der Waals surface area contributed by atoms with E-state index in [1.807, 2.05) is 65.0 Å². The van der Waals surface area contributed by atoms with Gasteiger partial charge in [-0.15, -0.1) is 0 Å². The summed E-state index contributed by atoms with van der Waals surface area (Å²) < 4.78 is 0. The number of hydrogen-bond donors (Lipinski definition) is 2. The zero-order valence-corrected chi connectivity index (χ0v) is 20.6. The minimum atomic E-state index is -0.835. The normalized spacial score (nSPS) is 15.2. The van der Waals surface area contributed by atoms with Crippen LogP contribution in [0.1, 0.15) is 35.1 Å². The Balaban J connectivity index is 0.00000306. The number of nitrogens with zero attached hydrogens (tertiary/aromatic N) is 2. The van der Waals surface area contributed by atoms with E-state index in [4.69, 9.17) is 5.11 Å². The number of halogens is 1. The summed E-state index contributed by atoms with van der Waals surface area (Å²) in [5.74, 6) is -1.67. The highest BCUT2D eigenvalue weighted by molar-refractivity contribution is 8.17. The van der Waals surface area contributed by atoms with Crippen LogP contribution < -0.4 is 33.9 Å². The highest BCUT2D eigenvalue weighted by Crippen LogP contribution is 2.35. The summed E-state index contributed by atoms with van der Waals surface area (Å²) in [5.41, 5.74) is 5.80. The van der Waals surface area contributed by atoms with Gasteiger partial charge >= 0.3 is 17.0 Å². The zero-order valence-electron chi connectivity index (χ0n) is 17.6. The number of allylic oxidation sites excluding steroid dienone is 2. The fraction of sp³-hybridized carbons (Fsp3) is 0.160. The molecule has 33 heavy (non-hydrogen) atoms. The number of hydrogen-bond acceptors (Lipinski definition) is 5. The predicted molar refractivity (Wildman–Crippen MR) is 128 cm³/mol. The second-order valence-electron chi connectivity index (χ2n) is 7.38. The first kappa shape index (κ1) is 24.8. The Bertz CT molecular complexity index is 1190. The average Bonchev–Trinajstić information content (AvgIpc) is 3.32. The lowest BCUT2D eigenvalue weighted by atomic mass is 9.92. The van der Waals surface area contributed by atoms with Gasteiger partial charge < -0.3 is 39.1 Å². The number of benzene rings is 2. The van der Waals surface area contributed by atoms with Crippen LogP contribution in [0.15, 0.2) is 66.3 Å². The molecule has 0 amide bonds. The third-order valence-electron chi connectivity index (χ3n) is 5.29. The quantitative estimate of drug-likeness (QED) is 0.464. The van der Waals surface area contributed by atoms with Gasteiger partial charge in [-0.05, 0) is 59.2 Å². The van der Waals surface area contributed by atoms with Crippen molar-refractivity contribution in [3.63, 3.8) is 0 Å². The standard InChI is InChI=1S/C25H22N2O4S.HI/c28-23(29)9-8-17-4-3-6-20(25-26-12-15-32-25)21(17)16-18-10-13-27(14-11-24(30)31)22-7-2-1-5-19(18)22;/h1-7,10,12-13,15-16H,8-9,11,14H2,(H,28,29)(H,30,31);1H/q+1;/p-1. The molecule has 169 valence electrons. The Morgan fingerprint density at radius 1 is 1.00 bits per heavy atom. The maximum Gasteiger partial charge on any atom is 0.323 e. The van der Waals surface area contributed by atoms with Crippen LogP contribution in [0.25, 0.3) is 11.6 Å². The molecule has 0 saturated heterocycles. The van der Waals surface area contributed by atoms with Gasteiger partial charge in [0.2, 0.25) is 0 Å². The van der Waals surface area contributed by atoms with E-state index < -0.39 is 11.9 Å². The number of para-hydroxylation sites is 1. The van der Waals surface area contributed by atoms with Crippen molar-refractivity contribution in [3.05, 3.63) is 88.6 Å². The minimum Gasteiger partial charge on any atom is -1.00 e. The van der Waals surface area contributed by atoms with Gasteiger partial charge in [0.15, 0.2) is 0 Å². The van der Waals surface area contributed by atoms with Crippen LogP contribution in [-0.2, 0) is 16.0 Å². The molecule has 0 spiro atoms. The number of rotatable bonds is 8. The molecule has 2 aliphatic heterocycles. The SMILES string of the molecule is O=C(O)CCc1cccc(C2=[N+]C=CS2)c1C=C1C=CN(CCC(=O)O)c2ccccc21.[I-]. The Morgan fingerprint density at radius 3 is 2.48 bits per heavy atom. The Kier molecular flexibility index (Phi) is 8.51. The Labute approximate surface area is 213 Å². The van der Waals surface area contributed by atoms with Crippen molar-refractivity contribution in [1.29, 1.82) is 0 Å². The number of fused-ring (bicyclic) bond motifs is 1. The highest BCUT2D eigenvalue weighted by atomic mass is 127. The molecule has 2 aromatic carbocycles. The number of thioether (sulfide) groups is 1. The number of aryl methyl sites for hydroxylation is 1. The first-order valence-electron chi connectivity index (χ1n) is 10.2. The summed E-state index contributed by atoms with van der Waals surface area (Å²) >= 11 is 1.54. The molecule has 0 aromatic heterocycles. The summed E-state index contributed by atoms with van der Waals surface area (Å²) in [6.45, 7) is 0.385. The van der Waals surface area contributed by atoms with Gasteiger partial charge in [0.05, 0.1) is 22.4 Å². The van der Waals surface area contributed by atoms with Crippen molar-refractivity contribution in [2.45, 2.75) is 19.3 Å². The second kappa shape index (κ2) is 11.3. The van der Waals surface area contributed by atoms with Crippen molar-refractivity contribution in [2.24, 2.45) is 0 Å². The van der Waals surface area contributed by atoms with Crippen molar-refractivity contribution in [3.8, 4) is 0 Å². The van der Waals surface area contributed by atoms with E-state index in [1.165, 1.54) is 0 Å². The molecule has 0 fully saturated rings. The van der Waals surface area contributed by atoms with Crippen molar-refractivity contribution < 1.29 is 43.8 Å². The third-order valence-corrected chi connectivity index (χ3v) is 6.10. The van der Waals surface area contributed by atoms with E-state index in [-0.39, 0.29) is 36.8 Å². The van der Waals surface area contributed by atoms with Crippen LogP contribution in [0.5, 0.6) is 0 Å². The maximum absolute atomic E-state index is 11.2. The lowest BCUT2D eigenvalue weighted by molar-refractivity contribution is -0.137. The molecule has 0 bridgehead atoms. The van der Waals surface area contributed by atoms with E-state index >= 15 is 0 Å². The molecule has 8 heteroatoms. The Morgan fingerprint density at radius 2 is 1.76 bits per heavy atom. The van der Waals surface area contributed by atoms with Gasteiger partial charge in [-0.25, -0.2) is 0 Å². The van der Waals surface area contributed by atoms with Crippen LogP contribution in [0.3, 0.4) is 0 Å². The van der Waals surface area contributed by atoms with Gasteiger partial charge in [0, 0.05) is 30.4 Å². The molecule has 6 nitrogen and oxygen atoms in total. The largest absolute Gasteiger partial charge is 1.00 e. The molecule has 2 heterocycles. The molecule has 0 atom stereocenters. The Hall–Kier alpha value is -2.85. The fourth-order valence-corrected chi connectivity index (χ4v) is 4.46. The molecule has 2 N–H and O–H groups in total. The van der Waals surface area contributed by atoms with Gasteiger partial charge in [-0.1, -0.05) is 30.3 Å². The molecule has 0 saturated carbocycles. The second-order valence-corrected chi connectivity index (χ2v) is 8.27. The molecule has 2 aromatic rings. The summed E-state index contributed by atoms with van der Waals surface area (Å²) in [6, 6.07) is 13.8. The molecule has 0 unspecified atom stereocenters. The van der Waals surface area contributed by atoms with E-state index in [2.05, 4.69) is 11.1 Å². The highest BCUT2D eigenvalue weighted by Gasteiger charge is 2.24. The first-order chi connectivity index (χ1) is 15.5. The molecule has 1 radical (unpaired) electrons. The molecule has 4 rings (SSSR count). The average molecular weight is 573 g/mol. The number of carbonyl (C=O) groups is 2. The third kappa shape index (κ3) is 5.94. The van der Waals surface area contributed by atoms with Crippen molar-refractivity contribution in [2.75, 3.05) is 11.4 Å². The van der Waals surface area contributed by atoms with Crippen LogP contribution in [0.4, 0.5) is 5.69 Å². The van der Waals surface area contributed by atoms with E-state index in [0.29, 0.717) is 13.0 Å². The number of aliphatic imine (C=N–C) groups is 1. The smallest absolute Gasteiger partial charge is 0.323 e. The van der Waals surface area contributed by atoms with Crippen molar-refractivity contribution >= 4 is 46.1 Å². The topological polar surface area (TPSA) is 91.9 Å². The van der Waals surface area contributed by atoms with E-state index in [0.717, 1.165) is 38.6 Å². The molecule has 0 aliphatic carbocycles. The van der Waals surface area contributed by atoms with E-state index in [9.17, 15) is 14.7 Å². The molecular formula is C25H22IN2O4S. The minimum absolute atomic E-state index is 0. The number of aliphatic carboxylic acids is 2. The van der Waals surface area contributed by atoms with Gasteiger partial charge in [-0.3, -0.25) is 9.59 Å². The predicted octanol–water partition coefficient (Wildman–Crippen LogP) is 1.36. The monoisotopic (exact) mass is 573 g/mol. The number of anilines is 1. The van der Waals surface area contributed by atoms with Crippen LogP contribution in [0.2, 0.25) is 0 Å². The fourth-order valence-electron chi connectivity index (χ4n) is 3.79. The first-order valence-corrected chi connectivity index (χ1v) is 11.1. The molecular weight excluding hydrogens is 551 g/mol. The van der Waals surface area contributed by atoms with Crippen LogP contribution >= 0.6 is 11.8 Å². The summed E-state index contributed by atoms with van der Waals surface area (Å²) in [5, 5.41) is 21.1. The lowest BCUT2D eigenvalue weighted by Crippen LogP contribution is -3.00.